The lowest BCUT2D eigenvalue weighted by molar-refractivity contribution is -0.316. The van der Waals surface area contributed by atoms with Crippen molar-refractivity contribution in [3.63, 3.8) is 0 Å². The molecule has 0 radical (unpaired) electrons. The molecule has 1 aliphatic rings. The van der Waals surface area contributed by atoms with Crippen molar-refractivity contribution in [3.8, 4) is 0 Å². The van der Waals surface area contributed by atoms with E-state index in [1.807, 2.05) is 115 Å². The Morgan fingerprint density at radius 2 is 0.979 bits per heavy atom. The van der Waals surface area contributed by atoms with E-state index in [4.69, 9.17) is 23.7 Å². The maximum Gasteiger partial charge on any atom is 0.184 e. The predicted octanol–water partition coefficient (Wildman–Crippen LogP) is 7.45. The van der Waals surface area contributed by atoms with Gasteiger partial charge in [0, 0.05) is 0 Å². The molecule has 5 atom stereocenters. The molecule has 48 heavy (non-hydrogen) atoms. The first-order valence-corrected chi connectivity index (χ1v) is 16.4. The highest BCUT2D eigenvalue weighted by molar-refractivity contribution is 5.47. The van der Waals surface area contributed by atoms with Crippen LogP contribution in [0.2, 0.25) is 0 Å². The first-order chi connectivity index (χ1) is 23.7. The van der Waals surface area contributed by atoms with Crippen LogP contribution in [-0.4, -0.2) is 49.0 Å². The minimum absolute atomic E-state index is 0.0780. The lowest BCUT2D eigenvalue weighted by atomic mass is 9.80. The topological polar surface area (TPSA) is 66.4 Å². The second-order valence-corrected chi connectivity index (χ2v) is 11.8. The van der Waals surface area contributed by atoms with Crippen molar-refractivity contribution in [1.82, 2.24) is 0 Å². The van der Waals surface area contributed by atoms with Crippen molar-refractivity contribution in [3.05, 3.63) is 192 Å². The highest BCUT2D eigenvalue weighted by atomic mass is 16.7. The van der Waals surface area contributed by atoms with Crippen molar-refractivity contribution in [2.75, 3.05) is 13.2 Å². The van der Waals surface area contributed by atoms with E-state index in [2.05, 4.69) is 43.0 Å². The Labute approximate surface area is 283 Å². The molecule has 5 aromatic rings. The van der Waals surface area contributed by atoms with Gasteiger partial charge in [-0.3, -0.25) is 0 Å². The van der Waals surface area contributed by atoms with Crippen LogP contribution < -0.4 is 0 Å². The van der Waals surface area contributed by atoms with Crippen LogP contribution in [0.5, 0.6) is 0 Å². The maximum atomic E-state index is 11.4. The van der Waals surface area contributed by atoms with E-state index in [-0.39, 0.29) is 13.2 Å². The van der Waals surface area contributed by atoms with E-state index in [9.17, 15) is 5.11 Å². The monoisotopic (exact) mass is 642 g/mol. The third kappa shape index (κ3) is 7.83. The molecule has 5 aromatic carbocycles. The Bertz CT molecular complexity index is 1550. The van der Waals surface area contributed by atoms with E-state index in [1.165, 1.54) is 0 Å². The molecule has 0 aromatic heterocycles. The summed E-state index contributed by atoms with van der Waals surface area (Å²) in [6.07, 6.45) is -2.55. The molecule has 0 unspecified atom stereocenters. The van der Waals surface area contributed by atoms with Gasteiger partial charge in [-0.15, -0.1) is 6.58 Å². The number of ether oxygens (including phenoxy) is 5. The average molecular weight is 643 g/mol. The van der Waals surface area contributed by atoms with Crippen LogP contribution in [0.4, 0.5) is 0 Å². The fourth-order valence-electron chi connectivity index (χ4n) is 6.29. The third-order valence-corrected chi connectivity index (χ3v) is 8.59. The van der Waals surface area contributed by atoms with Crippen LogP contribution in [-0.2, 0) is 42.5 Å². The molecular weight excluding hydrogens is 600 g/mol. The molecule has 1 fully saturated rings. The predicted molar refractivity (Wildman–Crippen MR) is 186 cm³/mol. The second-order valence-electron chi connectivity index (χ2n) is 11.8. The molecule has 1 aliphatic heterocycles. The third-order valence-electron chi connectivity index (χ3n) is 8.59. The number of rotatable bonds is 15. The molecule has 0 aliphatic carbocycles. The van der Waals surface area contributed by atoms with Gasteiger partial charge in [0.1, 0.15) is 30.0 Å². The Kier molecular flexibility index (Phi) is 11.6. The molecule has 6 heteroatoms. The zero-order valence-corrected chi connectivity index (χ0v) is 26.9. The molecule has 1 N–H and O–H groups in total. The molecule has 0 spiro atoms. The first-order valence-electron chi connectivity index (χ1n) is 16.4. The normalized spacial score (nSPS) is 21.1. The summed E-state index contributed by atoms with van der Waals surface area (Å²) in [4.78, 5) is 0. The van der Waals surface area contributed by atoms with E-state index in [0.29, 0.717) is 13.2 Å². The largest absolute Gasteiger partial charge is 0.368 e. The number of aliphatic hydroxyl groups is 1. The highest BCUT2D eigenvalue weighted by Crippen LogP contribution is 2.41. The molecule has 0 bridgehead atoms. The molecule has 6 nitrogen and oxygen atoms in total. The summed E-state index contributed by atoms with van der Waals surface area (Å²) in [5.41, 5.74) is 3.89. The average Bonchev–Trinajstić information content (AvgIpc) is 3.15. The van der Waals surface area contributed by atoms with Crippen LogP contribution >= 0.6 is 0 Å². The van der Waals surface area contributed by atoms with Crippen LogP contribution in [0.1, 0.15) is 27.8 Å². The minimum Gasteiger partial charge on any atom is -0.368 e. The summed E-state index contributed by atoms with van der Waals surface area (Å²) in [5.74, 6) is 0. The van der Waals surface area contributed by atoms with Crippen LogP contribution in [0.3, 0.4) is 0 Å². The molecule has 0 amide bonds. The van der Waals surface area contributed by atoms with E-state index < -0.39 is 36.3 Å². The van der Waals surface area contributed by atoms with Gasteiger partial charge in [-0.25, -0.2) is 0 Å². The molecule has 1 saturated heterocycles. The smallest absolute Gasteiger partial charge is 0.184 e. The fraction of sp³-hybridized carbons (Fsp3) is 0.238. The molecular formula is C42H42O6. The standard InChI is InChI=1S/C42H42O6/c1-2-28-44-40-39(46-30-33-20-10-4-11-21-33)38(45-29-32-18-8-3-9-19-32)37(48-41(40)43)31-47-42(34-22-12-5-13-23-34,35-24-14-6-15-25-35)36-26-16-7-17-27-36/h2-27,37-41,43H,1,28-31H2/t37-,38-,39+,40-,41+/m1/s1. The molecule has 6 rings (SSSR count). The number of hydrogen-bond acceptors (Lipinski definition) is 6. The summed E-state index contributed by atoms with van der Waals surface area (Å²) in [6.45, 7) is 4.70. The van der Waals surface area contributed by atoms with Crippen molar-refractivity contribution >= 4 is 0 Å². The Balaban J connectivity index is 1.38. The Hall–Kier alpha value is -4.40. The maximum absolute atomic E-state index is 11.4. The fourth-order valence-corrected chi connectivity index (χ4v) is 6.29. The highest BCUT2D eigenvalue weighted by Gasteiger charge is 2.49. The zero-order chi connectivity index (χ0) is 33.0. The van der Waals surface area contributed by atoms with Crippen LogP contribution in [0.15, 0.2) is 164 Å². The summed E-state index contributed by atoms with van der Waals surface area (Å²) < 4.78 is 32.9. The zero-order valence-electron chi connectivity index (χ0n) is 26.9. The second kappa shape index (κ2) is 16.6. The quantitative estimate of drug-likeness (QED) is 0.0945. The van der Waals surface area contributed by atoms with Crippen molar-refractivity contribution in [1.29, 1.82) is 0 Å². The molecule has 0 saturated carbocycles. The van der Waals surface area contributed by atoms with Gasteiger partial charge in [-0.2, -0.15) is 0 Å². The summed E-state index contributed by atoms with van der Waals surface area (Å²) in [5, 5.41) is 11.4. The lowest BCUT2D eigenvalue weighted by Crippen LogP contribution is -2.61. The summed E-state index contributed by atoms with van der Waals surface area (Å²) >= 11 is 0. The molecule has 246 valence electrons. The minimum atomic E-state index is -1.30. The van der Waals surface area contributed by atoms with Crippen molar-refractivity contribution in [2.24, 2.45) is 0 Å². The summed E-state index contributed by atoms with van der Waals surface area (Å²) in [7, 11) is 0. The Morgan fingerprint density at radius 3 is 1.42 bits per heavy atom. The first kappa shape index (κ1) is 33.5. The number of aliphatic hydroxyl groups excluding tert-OH is 1. The van der Waals surface area contributed by atoms with Gasteiger partial charge in [0.25, 0.3) is 0 Å². The van der Waals surface area contributed by atoms with E-state index in [0.717, 1.165) is 27.8 Å². The van der Waals surface area contributed by atoms with Gasteiger partial charge in [-0.05, 0) is 27.8 Å². The van der Waals surface area contributed by atoms with Crippen molar-refractivity contribution < 1.29 is 28.8 Å². The Morgan fingerprint density at radius 1 is 0.562 bits per heavy atom. The summed E-state index contributed by atoms with van der Waals surface area (Å²) in [6, 6.07) is 50.4. The van der Waals surface area contributed by atoms with Crippen LogP contribution in [0.25, 0.3) is 0 Å². The van der Waals surface area contributed by atoms with Gasteiger partial charge in [0.15, 0.2) is 6.29 Å². The van der Waals surface area contributed by atoms with Crippen molar-refractivity contribution in [2.45, 2.75) is 49.5 Å². The van der Waals surface area contributed by atoms with E-state index in [1.54, 1.807) is 6.08 Å². The number of benzene rings is 5. The molecule has 1 heterocycles. The van der Waals surface area contributed by atoms with Crippen LogP contribution in [0, 0.1) is 0 Å². The lowest BCUT2D eigenvalue weighted by Gasteiger charge is -2.45. The van der Waals surface area contributed by atoms with Gasteiger partial charge >= 0.3 is 0 Å². The SMILES string of the molecule is C=CCO[C@@H]1[C@@H](OCc2ccccc2)[C@H](OCc2ccccc2)[C@@H](COC(c2ccccc2)(c2ccccc2)c2ccccc2)O[C@@H]1O. The van der Waals surface area contributed by atoms with E-state index >= 15 is 0 Å². The van der Waals surface area contributed by atoms with Gasteiger partial charge < -0.3 is 28.8 Å². The number of hydrogen-bond donors (Lipinski definition) is 1. The van der Waals surface area contributed by atoms with Gasteiger partial charge in [-0.1, -0.05) is 158 Å². The van der Waals surface area contributed by atoms with Gasteiger partial charge in [0.05, 0.1) is 26.4 Å². The van der Waals surface area contributed by atoms with Gasteiger partial charge in [0.2, 0.25) is 0 Å².